The highest BCUT2D eigenvalue weighted by Crippen LogP contribution is 2.44. The van der Waals surface area contributed by atoms with Gasteiger partial charge < -0.3 is 5.11 Å². The second-order valence-electron chi connectivity index (χ2n) is 6.04. The summed E-state index contributed by atoms with van der Waals surface area (Å²) in [6.07, 6.45) is 3.58. The molecule has 0 radical (unpaired) electrons. The first-order chi connectivity index (χ1) is 8.38. The van der Waals surface area contributed by atoms with E-state index in [0.717, 1.165) is 16.5 Å². The molecule has 2 atom stereocenters. The third-order valence-electron chi connectivity index (χ3n) is 4.17. The van der Waals surface area contributed by atoms with Gasteiger partial charge in [-0.1, -0.05) is 36.2 Å². The molecule has 100 valence electrons. The molecule has 1 aromatic rings. The summed E-state index contributed by atoms with van der Waals surface area (Å²) in [7, 11) is 0. The fourth-order valence-electron chi connectivity index (χ4n) is 3.18. The number of rotatable bonds is 3. The summed E-state index contributed by atoms with van der Waals surface area (Å²) in [6, 6.07) is 4.83. The van der Waals surface area contributed by atoms with Gasteiger partial charge in [-0.2, -0.15) is 0 Å². The number of aliphatic hydroxyl groups is 1. The van der Waals surface area contributed by atoms with E-state index in [1.165, 1.54) is 25.0 Å². The highest BCUT2D eigenvalue weighted by molar-refractivity contribution is 9.10. The molecule has 0 amide bonds. The summed E-state index contributed by atoms with van der Waals surface area (Å²) in [5.74, 6) is 0.0665. The topological polar surface area (TPSA) is 20.2 Å². The molecule has 2 rings (SSSR count). The van der Waals surface area contributed by atoms with Crippen molar-refractivity contribution in [2.75, 3.05) is 0 Å². The molecular weight excluding hydrogens is 295 g/mol. The maximum atomic E-state index is 13.3. The molecule has 1 saturated carbocycles. The second-order valence-corrected chi connectivity index (χ2v) is 6.95. The highest BCUT2D eigenvalue weighted by Gasteiger charge is 2.38. The molecule has 0 aliphatic heterocycles. The number of hydrogen-bond donors (Lipinski definition) is 1. The van der Waals surface area contributed by atoms with Crippen molar-refractivity contribution in [2.45, 2.75) is 45.6 Å². The fourth-order valence-corrected chi connectivity index (χ4v) is 3.69. The number of hydrogen-bond acceptors (Lipinski definition) is 1. The van der Waals surface area contributed by atoms with Crippen molar-refractivity contribution in [3.63, 3.8) is 0 Å². The molecule has 3 heteroatoms. The van der Waals surface area contributed by atoms with Crippen LogP contribution in [-0.2, 0) is 6.42 Å². The van der Waals surface area contributed by atoms with Gasteiger partial charge in [-0.25, -0.2) is 4.39 Å². The van der Waals surface area contributed by atoms with Gasteiger partial charge in [0.1, 0.15) is 5.82 Å². The first-order valence-electron chi connectivity index (χ1n) is 6.51. The molecule has 1 nitrogen and oxygen atoms in total. The Bertz CT molecular complexity index is 410. The van der Waals surface area contributed by atoms with Crippen LogP contribution in [0.15, 0.2) is 22.7 Å². The smallest absolute Gasteiger partial charge is 0.124 e. The van der Waals surface area contributed by atoms with E-state index >= 15 is 0 Å². The van der Waals surface area contributed by atoms with Crippen LogP contribution < -0.4 is 0 Å². The highest BCUT2D eigenvalue weighted by atomic mass is 79.9. The van der Waals surface area contributed by atoms with Gasteiger partial charge >= 0.3 is 0 Å². The molecule has 1 aromatic carbocycles. The standard InChI is InChI=1S/C15H20BrFO/c1-15(2)5-3-4-13(15)14(18)8-10-6-11(16)9-12(17)7-10/h6-7,9,13-14,18H,3-5,8H2,1-2H3. The second kappa shape index (κ2) is 5.30. The molecule has 1 fully saturated rings. The molecule has 1 N–H and O–H groups in total. The summed E-state index contributed by atoms with van der Waals surface area (Å²) >= 11 is 3.29. The van der Waals surface area contributed by atoms with Crippen molar-refractivity contribution in [2.24, 2.45) is 11.3 Å². The molecule has 1 aliphatic rings. The molecule has 18 heavy (non-hydrogen) atoms. The largest absolute Gasteiger partial charge is 0.392 e. The quantitative estimate of drug-likeness (QED) is 0.881. The van der Waals surface area contributed by atoms with Gasteiger partial charge in [-0.15, -0.1) is 0 Å². The molecule has 0 bridgehead atoms. The monoisotopic (exact) mass is 314 g/mol. The van der Waals surface area contributed by atoms with Crippen molar-refractivity contribution >= 4 is 15.9 Å². The van der Waals surface area contributed by atoms with Crippen molar-refractivity contribution in [1.29, 1.82) is 0 Å². The third kappa shape index (κ3) is 3.12. The van der Waals surface area contributed by atoms with Crippen molar-refractivity contribution in [1.82, 2.24) is 0 Å². The number of aliphatic hydroxyl groups excluding tert-OH is 1. The predicted octanol–water partition coefficient (Wildman–Crippen LogP) is 4.32. The van der Waals surface area contributed by atoms with E-state index < -0.39 is 0 Å². The molecule has 1 aliphatic carbocycles. The normalized spacial score (nSPS) is 24.2. The summed E-state index contributed by atoms with van der Waals surface area (Å²) in [5, 5.41) is 10.4. The lowest BCUT2D eigenvalue weighted by atomic mass is 9.77. The van der Waals surface area contributed by atoms with Crippen LogP contribution in [-0.4, -0.2) is 11.2 Å². The molecule has 2 unspecified atom stereocenters. The molecule has 0 aromatic heterocycles. The molecule has 0 saturated heterocycles. The maximum Gasteiger partial charge on any atom is 0.124 e. The summed E-state index contributed by atoms with van der Waals surface area (Å²) in [5.41, 5.74) is 1.06. The Morgan fingerprint density at radius 3 is 2.72 bits per heavy atom. The lowest BCUT2D eigenvalue weighted by Gasteiger charge is -2.31. The average molecular weight is 315 g/mol. The van der Waals surface area contributed by atoms with Gasteiger partial charge in [-0.3, -0.25) is 0 Å². The zero-order chi connectivity index (χ0) is 13.3. The minimum atomic E-state index is -0.379. The van der Waals surface area contributed by atoms with E-state index in [1.54, 1.807) is 0 Å². The minimum absolute atomic E-state index is 0.198. The zero-order valence-electron chi connectivity index (χ0n) is 10.9. The van der Waals surface area contributed by atoms with E-state index in [0.29, 0.717) is 12.3 Å². The van der Waals surface area contributed by atoms with E-state index in [-0.39, 0.29) is 17.3 Å². The van der Waals surface area contributed by atoms with Crippen molar-refractivity contribution in [3.8, 4) is 0 Å². The Kier molecular flexibility index (Phi) is 4.12. The Balaban J connectivity index is 2.09. The van der Waals surface area contributed by atoms with Crippen LogP contribution in [0.25, 0.3) is 0 Å². The van der Waals surface area contributed by atoms with Crippen LogP contribution in [0.4, 0.5) is 4.39 Å². The van der Waals surface area contributed by atoms with Crippen LogP contribution in [0, 0.1) is 17.2 Å². The van der Waals surface area contributed by atoms with Gasteiger partial charge in [0, 0.05) is 4.47 Å². The van der Waals surface area contributed by atoms with Gasteiger partial charge in [0.2, 0.25) is 0 Å². The molecular formula is C15H20BrFO. The van der Waals surface area contributed by atoms with Crippen molar-refractivity contribution < 1.29 is 9.50 Å². The summed E-state index contributed by atoms with van der Waals surface area (Å²) in [6.45, 7) is 4.44. The number of halogens is 2. The van der Waals surface area contributed by atoms with Crippen LogP contribution in [0.5, 0.6) is 0 Å². The summed E-state index contributed by atoms with van der Waals surface area (Å²) in [4.78, 5) is 0. The maximum absolute atomic E-state index is 13.3. The van der Waals surface area contributed by atoms with Gasteiger partial charge in [0.25, 0.3) is 0 Å². The minimum Gasteiger partial charge on any atom is -0.392 e. The fraction of sp³-hybridized carbons (Fsp3) is 0.600. The van der Waals surface area contributed by atoms with E-state index in [2.05, 4.69) is 29.8 Å². The first-order valence-corrected chi connectivity index (χ1v) is 7.31. The van der Waals surface area contributed by atoms with E-state index in [4.69, 9.17) is 0 Å². The van der Waals surface area contributed by atoms with Crippen LogP contribution in [0.1, 0.15) is 38.7 Å². The lowest BCUT2D eigenvalue weighted by Crippen LogP contribution is -2.31. The Labute approximate surface area is 117 Å². The van der Waals surface area contributed by atoms with Crippen LogP contribution >= 0.6 is 15.9 Å². The van der Waals surface area contributed by atoms with Gasteiger partial charge in [-0.05, 0) is 54.4 Å². The molecule has 0 spiro atoms. The van der Waals surface area contributed by atoms with Gasteiger partial charge in [0.05, 0.1) is 6.10 Å². The van der Waals surface area contributed by atoms with Gasteiger partial charge in [0.15, 0.2) is 0 Å². The Morgan fingerprint density at radius 2 is 2.17 bits per heavy atom. The SMILES string of the molecule is CC1(C)CCCC1C(O)Cc1cc(F)cc(Br)c1. The summed E-state index contributed by atoms with van der Waals surface area (Å²) < 4.78 is 14.0. The van der Waals surface area contributed by atoms with Crippen LogP contribution in [0.3, 0.4) is 0 Å². The Morgan fingerprint density at radius 1 is 1.44 bits per heavy atom. The van der Waals surface area contributed by atoms with E-state index in [1.807, 2.05) is 6.07 Å². The third-order valence-corrected chi connectivity index (χ3v) is 4.63. The number of benzene rings is 1. The zero-order valence-corrected chi connectivity index (χ0v) is 12.5. The lowest BCUT2D eigenvalue weighted by molar-refractivity contribution is 0.0542. The van der Waals surface area contributed by atoms with E-state index in [9.17, 15) is 9.50 Å². The van der Waals surface area contributed by atoms with Crippen LogP contribution in [0.2, 0.25) is 0 Å². The Hall–Kier alpha value is -0.410. The first kappa shape index (κ1) is 14.0. The predicted molar refractivity (Wildman–Crippen MR) is 74.9 cm³/mol. The average Bonchev–Trinajstić information content (AvgIpc) is 2.56. The molecule has 0 heterocycles. The van der Waals surface area contributed by atoms with Crippen molar-refractivity contribution in [3.05, 3.63) is 34.1 Å².